The quantitative estimate of drug-likeness (QED) is 0.164. The van der Waals surface area contributed by atoms with Crippen molar-refractivity contribution in [2.75, 3.05) is 5.32 Å². The Morgan fingerprint density at radius 3 is 1.67 bits per heavy atom. The van der Waals surface area contributed by atoms with Crippen LogP contribution in [0.1, 0.15) is 0 Å². The van der Waals surface area contributed by atoms with Gasteiger partial charge in [0.2, 0.25) is 0 Å². The molecular weight excluding hydrogens is 631 g/mol. The molecule has 0 aliphatic carbocycles. The highest BCUT2D eigenvalue weighted by Gasteiger charge is 2.19. The van der Waals surface area contributed by atoms with Crippen LogP contribution in [-0.4, -0.2) is 12.4 Å². The topological polar surface area (TPSA) is 26.2 Å². The SMILES string of the molecule is [B]c1c(Oc2ccccc2-n2c3ccccc3c3ccccc32)cc(-c2ccccc2-c2ccccc2)cc1-c1ccccc1Nc1ccccc1. The van der Waals surface area contributed by atoms with Crippen LogP contribution < -0.4 is 15.5 Å². The van der Waals surface area contributed by atoms with Crippen molar-refractivity contribution >= 4 is 46.5 Å². The number of para-hydroxylation sites is 6. The Balaban J connectivity index is 1.25. The first-order valence-corrected chi connectivity index (χ1v) is 17.5. The zero-order chi connectivity index (χ0) is 34.9. The lowest BCUT2D eigenvalue weighted by molar-refractivity contribution is 0.485. The lowest BCUT2D eigenvalue weighted by Gasteiger charge is -2.21. The molecule has 0 amide bonds. The summed E-state index contributed by atoms with van der Waals surface area (Å²) in [5.41, 5.74) is 11.9. The first-order chi connectivity index (χ1) is 25.7. The van der Waals surface area contributed by atoms with Crippen LogP contribution in [0.5, 0.6) is 11.5 Å². The first kappa shape index (κ1) is 31.2. The van der Waals surface area contributed by atoms with Crippen LogP contribution in [0.3, 0.4) is 0 Å². The van der Waals surface area contributed by atoms with E-state index in [1.807, 2.05) is 48.5 Å². The van der Waals surface area contributed by atoms with Crippen LogP contribution >= 0.6 is 0 Å². The molecule has 0 aliphatic heterocycles. The second kappa shape index (κ2) is 13.5. The summed E-state index contributed by atoms with van der Waals surface area (Å²) in [4.78, 5) is 0. The number of hydrogen-bond donors (Lipinski definition) is 1. The molecule has 9 rings (SSSR count). The molecule has 9 aromatic rings. The van der Waals surface area contributed by atoms with Gasteiger partial charge in [-0.15, -0.1) is 0 Å². The van der Waals surface area contributed by atoms with Gasteiger partial charge < -0.3 is 14.6 Å². The molecule has 2 radical (unpaired) electrons. The Hall–Kier alpha value is -6.78. The van der Waals surface area contributed by atoms with E-state index in [1.54, 1.807) is 0 Å². The Labute approximate surface area is 304 Å². The van der Waals surface area contributed by atoms with Gasteiger partial charge in [-0.2, -0.15) is 0 Å². The Morgan fingerprint density at radius 2 is 0.962 bits per heavy atom. The largest absolute Gasteiger partial charge is 0.456 e. The summed E-state index contributed by atoms with van der Waals surface area (Å²) in [7, 11) is 7.21. The minimum atomic E-state index is 0.556. The molecule has 0 spiro atoms. The van der Waals surface area contributed by atoms with Gasteiger partial charge in [-0.1, -0.05) is 140 Å². The normalized spacial score (nSPS) is 11.2. The minimum Gasteiger partial charge on any atom is -0.456 e. The standard InChI is InChI=1S/C48H33BN2O/c49-48-41(38-23-9-12-26-42(38)50-35-19-5-2-6-20-35)31-34(37-22-8-7-21-36(37)33-17-3-1-4-18-33)32-47(48)52-46-30-16-15-29-45(46)51-43-27-13-10-24-39(43)40-25-11-14-28-44(40)51/h1-32,50H. The second-order valence-electron chi connectivity index (χ2n) is 12.8. The van der Waals surface area contributed by atoms with E-state index in [9.17, 15) is 0 Å². The van der Waals surface area contributed by atoms with Crippen molar-refractivity contribution in [3.8, 4) is 50.6 Å². The molecule has 8 aromatic carbocycles. The lowest BCUT2D eigenvalue weighted by atomic mass is 9.82. The number of fused-ring (bicyclic) bond motifs is 3. The Morgan fingerprint density at radius 1 is 0.423 bits per heavy atom. The van der Waals surface area contributed by atoms with E-state index >= 15 is 0 Å². The predicted octanol–water partition coefficient (Wildman–Crippen LogP) is 12.1. The van der Waals surface area contributed by atoms with Crippen LogP contribution in [0, 0.1) is 0 Å². The molecule has 0 atom stereocenters. The molecule has 0 bridgehead atoms. The smallest absolute Gasteiger partial charge is 0.151 e. The summed E-state index contributed by atoms with van der Waals surface area (Å²) in [5, 5.41) is 6.01. The molecule has 244 valence electrons. The van der Waals surface area contributed by atoms with Crippen molar-refractivity contribution in [2.45, 2.75) is 0 Å². The lowest BCUT2D eigenvalue weighted by Crippen LogP contribution is -2.12. The van der Waals surface area contributed by atoms with Gasteiger partial charge in [0.1, 0.15) is 13.6 Å². The summed E-state index contributed by atoms with van der Waals surface area (Å²) in [6.07, 6.45) is 0. The number of nitrogens with one attached hydrogen (secondary N) is 1. The monoisotopic (exact) mass is 664 g/mol. The van der Waals surface area contributed by atoms with E-state index in [4.69, 9.17) is 12.6 Å². The van der Waals surface area contributed by atoms with Crippen molar-refractivity contribution in [2.24, 2.45) is 0 Å². The van der Waals surface area contributed by atoms with Crippen molar-refractivity contribution in [1.29, 1.82) is 0 Å². The number of rotatable bonds is 8. The summed E-state index contributed by atoms with van der Waals surface area (Å²) in [6, 6.07) is 67.0. The summed E-state index contributed by atoms with van der Waals surface area (Å²) < 4.78 is 9.31. The van der Waals surface area contributed by atoms with Crippen molar-refractivity contribution < 1.29 is 4.74 Å². The number of ether oxygens (including phenoxy) is 1. The molecule has 0 fully saturated rings. The van der Waals surface area contributed by atoms with E-state index in [1.165, 1.54) is 10.8 Å². The fourth-order valence-electron chi connectivity index (χ4n) is 7.23. The highest BCUT2D eigenvalue weighted by Crippen LogP contribution is 2.41. The molecule has 0 aliphatic rings. The van der Waals surface area contributed by atoms with Gasteiger partial charge >= 0.3 is 0 Å². The number of benzene rings is 8. The number of hydrogen-bond acceptors (Lipinski definition) is 2. The third-order valence-corrected chi connectivity index (χ3v) is 9.64. The molecule has 0 unspecified atom stereocenters. The van der Waals surface area contributed by atoms with Gasteiger partial charge in [-0.25, -0.2) is 0 Å². The molecule has 1 aromatic heterocycles. The van der Waals surface area contributed by atoms with Crippen molar-refractivity contribution in [3.05, 3.63) is 194 Å². The molecule has 0 saturated carbocycles. The molecule has 1 N–H and O–H groups in total. The van der Waals surface area contributed by atoms with Gasteiger partial charge in [-0.05, 0) is 87.9 Å². The summed E-state index contributed by atoms with van der Waals surface area (Å²) in [6.45, 7) is 0. The van der Waals surface area contributed by atoms with Gasteiger partial charge in [0.05, 0.1) is 16.7 Å². The van der Waals surface area contributed by atoms with Gasteiger partial charge in [-0.3, -0.25) is 0 Å². The maximum Gasteiger partial charge on any atom is 0.151 e. The molecule has 1 heterocycles. The third-order valence-electron chi connectivity index (χ3n) is 9.64. The fraction of sp³-hybridized carbons (Fsp3) is 0. The predicted molar refractivity (Wildman–Crippen MR) is 219 cm³/mol. The maximum absolute atomic E-state index is 7.21. The highest BCUT2D eigenvalue weighted by atomic mass is 16.5. The van der Waals surface area contributed by atoms with E-state index in [0.29, 0.717) is 17.0 Å². The summed E-state index contributed by atoms with van der Waals surface area (Å²) in [5.74, 6) is 1.29. The number of anilines is 2. The second-order valence-corrected chi connectivity index (χ2v) is 12.8. The van der Waals surface area contributed by atoms with Gasteiger partial charge in [0.25, 0.3) is 0 Å². The molecular formula is C48H33BN2O. The number of nitrogens with zero attached hydrogens (tertiary/aromatic N) is 1. The van der Waals surface area contributed by atoms with E-state index in [-0.39, 0.29) is 0 Å². The fourth-order valence-corrected chi connectivity index (χ4v) is 7.23. The van der Waals surface area contributed by atoms with Gasteiger partial charge in [0, 0.05) is 27.7 Å². The van der Waals surface area contributed by atoms with E-state index in [2.05, 4.69) is 155 Å². The third kappa shape index (κ3) is 5.71. The molecule has 0 saturated heterocycles. The molecule has 52 heavy (non-hydrogen) atoms. The first-order valence-electron chi connectivity index (χ1n) is 17.5. The van der Waals surface area contributed by atoms with Crippen LogP contribution in [0.2, 0.25) is 0 Å². The van der Waals surface area contributed by atoms with Crippen molar-refractivity contribution in [1.82, 2.24) is 4.57 Å². The maximum atomic E-state index is 7.21. The van der Waals surface area contributed by atoms with Crippen LogP contribution in [-0.2, 0) is 0 Å². The van der Waals surface area contributed by atoms with E-state index < -0.39 is 0 Å². The van der Waals surface area contributed by atoms with Crippen molar-refractivity contribution in [3.63, 3.8) is 0 Å². The van der Waals surface area contributed by atoms with Crippen LogP contribution in [0.4, 0.5) is 11.4 Å². The Bertz CT molecular complexity index is 2650. The number of aromatic nitrogens is 1. The summed E-state index contributed by atoms with van der Waals surface area (Å²) >= 11 is 0. The van der Waals surface area contributed by atoms with Gasteiger partial charge in [0.15, 0.2) is 5.75 Å². The zero-order valence-electron chi connectivity index (χ0n) is 28.4. The average Bonchev–Trinajstić information content (AvgIpc) is 3.54. The average molecular weight is 665 g/mol. The molecule has 4 heteroatoms. The molecule has 3 nitrogen and oxygen atoms in total. The Kier molecular flexibility index (Phi) is 8.11. The van der Waals surface area contributed by atoms with Crippen LogP contribution in [0.25, 0.3) is 60.9 Å². The minimum absolute atomic E-state index is 0.556. The van der Waals surface area contributed by atoms with Crippen LogP contribution in [0.15, 0.2) is 194 Å². The zero-order valence-corrected chi connectivity index (χ0v) is 28.4. The highest BCUT2D eigenvalue weighted by molar-refractivity contribution is 6.38. The van der Waals surface area contributed by atoms with E-state index in [0.717, 1.165) is 61.5 Å².